The standard InChI is InChI=1S/C13H10O3S/c1-9-3-2-4-10(7-9)16-13(15)12-6-5-11(8-14)17-12/h2-8H,1H3. The van der Waals surface area contributed by atoms with E-state index in [0.29, 0.717) is 21.8 Å². The lowest BCUT2D eigenvalue weighted by Gasteiger charge is -2.02. The number of aldehydes is 1. The highest BCUT2D eigenvalue weighted by Gasteiger charge is 2.11. The Bertz CT molecular complexity index is 557. The van der Waals surface area contributed by atoms with E-state index in [-0.39, 0.29) is 0 Å². The second kappa shape index (κ2) is 4.93. The van der Waals surface area contributed by atoms with Crippen LogP contribution in [-0.2, 0) is 0 Å². The van der Waals surface area contributed by atoms with Crippen molar-refractivity contribution >= 4 is 23.6 Å². The second-order valence-electron chi connectivity index (χ2n) is 3.53. The molecule has 17 heavy (non-hydrogen) atoms. The molecule has 0 fully saturated rings. The van der Waals surface area contributed by atoms with Crippen LogP contribution in [-0.4, -0.2) is 12.3 Å². The number of aryl methyl sites for hydroxylation is 1. The van der Waals surface area contributed by atoms with Crippen molar-refractivity contribution < 1.29 is 14.3 Å². The van der Waals surface area contributed by atoms with E-state index in [1.54, 1.807) is 24.3 Å². The molecule has 0 aliphatic carbocycles. The van der Waals surface area contributed by atoms with Gasteiger partial charge in [-0.25, -0.2) is 4.79 Å². The van der Waals surface area contributed by atoms with Crippen molar-refractivity contribution in [2.75, 3.05) is 0 Å². The molecule has 0 aliphatic heterocycles. The zero-order valence-electron chi connectivity index (χ0n) is 9.17. The van der Waals surface area contributed by atoms with Gasteiger partial charge in [0.25, 0.3) is 0 Å². The molecule has 0 saturated heterocycles. The number of ether oxygens (including phenoxy) is 1. The Morgan fingerprint density at radius 3 is 2.76 bits per heavy atom. The van der Waals surface area contributed by atoms with Crippen LogP contribution in [0.25, 0.3) is 0 Å². The first kappa shape index (κ1) is 11.5. The molecule has 0 saturated carbocycles. The zero-order chi connectivity index (χ0) is 12.3. The van der Waals surface area contributed by atoms with Crippen molar-refractivity contribution in [1.29, 1.82) is 0 Å². The molecular formula is C13H10O3S. The highest BCUT2D eigenvalue weighted by molar-refractivity contribution is 7.15. The van der Waals surface area contributed by atoms with Gasteiger partial charge in [-0.05, 0) is 36.8 Å². The van der Waals surface area contributed by atoms with Crippen molar-refractivity contribution in [3.63, 3.8) is 0 Å². The molecule has 0 radical (unpaired) electrons. The topological polar surface area (TPSA) is 43.4 Å². The lowest BCUT2D eigenvalue weighted by Crippen LogP contribution is -2.06. The van der Waals surface area contributed by atoms with Crippen molar-refractivity contribution in [3.05, 3.63) is 51.7 Å². The Labute approximate surface area is 103 Å². The third-order valence-electron chi connectivity index (χ3n) is 2.14. The summed E-state index contributed by atoms with van der Waals surface area (Å²) in [6.07, 6.45) is 0.716. The van der Waals surface area contributed by atoms with E-state index >= 15 is 0 Å². The predicted molar refractivity (Wildman–Crippen MR) is 65.8 cm³/mol. The number of thiophene rings is 1. The van der Waals surface area contributed by atoms with Crippen molar-refractivity contribution in [1.82, 2.24) is 0 Å². The number of hydrogen-bond donors (Lipinski definition) is 0. The Hall–Kier alpha value is -1.94. The van der Waals surface area contributed by atoms with Crippen molar-refractivity contribution in [2.24, 2.45) is 0 Å². The van der Waals surface area contributed by atoms with Gasteiger partial charge in [-0.3, -0.25) is 4.79 Å². The molecule has 1 heterocycles. The molecule has 2 aromatic rings. The van der Waals surface area contributed by atoms with Gasteiger partial charge in [0.15, 0.2) is 6.29 Å². The number of carbonyl (C=O) groups excluding carboxylic acids is 2. The van der Waals surface area contributed by atoms with Gasteiger partial charge in [-0.2, -0.15) is 0 Å². The summed E-state index contributed by atoms with van der Waals surface area (Å²) in [6, 6.07) is 10.4. The fourth-order valence-electron chi connectivity index (χ4n) is 1.36. The number of esters is 1. The number of hydrogen-bond acceptors (Lipinski definition) is 4. The van der Waals surface area contributed by atoms with Crippen LogP contribution in [0.4, 0.5) is 0 Å². The molecule has 0 unspecified atom stereocenters. The maximum atomic E-state index is 11.7. The fraction of sp³-hybridized carbons (Fsp3) is 0.0769. The van der Waals surface area contributed by atoms with E-state index in [1.165, 1.54) is 0 Å². The summed E-state index contributed by atoms with van der Waals surface area (Å²) >= 11 is 1.12. The van der Waals surface area contributed by atoms with Gasteiger partial charge in [0, 0.05) is 0 Å². The summed E-state index contributed by atoms with van der Waals surface area (Å²) in [5, 5.41) is 0. The summed E-state index contributed by atoms with van der Waals surface area (Å²) in [5.74, 6) is 0.0738. The molecule has 0 N–H and O–H groups in total. The lowest BCUT2D eigenvalue weighted by atomic mass is 10.2. The van der Waals surface area contributed by atoms with Gasteiger partial charge >= 0.3 is 5.97 Å². The molecule has 1 aromatic carbocycles. The van der Waals surface area contributed by atoms with Crippen LogP contribution in [0.5, 0.6) is 5.75 Å². The van der Waals surface area contributed by atoms with Gasteiger partial charge in [-0.15, -0.1) is 11.3 Å². The number of benzene rings is 1. The SMILES string of the molecule is Cc1cccc(OC(=O)c2ccc(C=O)s2)c1. The second-order valence-corrected chi connectivity index (χ2v) is 4.64. The molecule has 0 amide bonds. The smallest absolute Gasteiger partial charge is 0.353 e. The van der Waals surface area contributed by atoms with E-state index in [0.717, 1.165) is 16.9 Å². The van der Waals surface area contributed by atoms with E-state index < -0.39 is 5.97 Å². The maximum Gasteiger partial charge on any atom is 0.353 e. The van der Waals surface area contributed by atoms with Gasteiger partial charge in [0.1, 0.15) is 10.6 Å². The molecule has 0 aliphatic rings. The van der Waals surface area contributed by atoms with E-state index in [9.17, 15) is 9.59 Å². The Kier molecular flexibility index (Phi) is 3.35. The average Bonchev–Trinajstić information content (AvgIpc) is 2.77. The van der Waals surface area contributed by atoms with Crippen molar-refractivity contribution in [3.8, 4) is 5.75 Å². The molecule has 2 rings (SSSR count). The average molecular weight is 246 g/mol. The maximum absolute atomic E-state index is 11.7. The van der Waals surface area contributed by atoms with Gasteiger partial charge < -0.3 is 4.74 Å². The van der Waals surface area contributed by atoms with E-state index in [2.05, 4.69) is 0 Å². The molecular weight excluding hydrogens is 236 g/mol. The quantitative estimate of drug-likeness (QED) is 0.475. The number of rotatable bonds is 3. The molecule has 86 valence electrons. The van der Waals surface area contributed by atoms with E-state index in [4.69, 9.17) is 4.74 Å². The van der Waals surface area contributed by atoms with Gasteiger partial charge in [-0.1, -0.05) is 12.1 Å². The Morgan fingerprint density at radius 1 is 1.29 bits per heavy atom. The van der Waals surface area contributed by atoms with Crippen LogP contribution >= 0.6 is 11.3 Å². The first-order valence-corrected chi connectivity index (χ1v) is 5.84. The van der Waals surface area contributed by atoms with Crippen LogP contribution in [0.15, 0.2) is 36.4 Å². The minimum atomic E-state index is -0.436. The zero-order valence-corrected chi connectivity index (χ0v) is 9.99. The number of carbonyl (C=O) groups is 2. The Balaban J connectivity index is 2.14. The highest BCUT2D eigenvalue weighted by atomic mass is 32.1. The largest absolute Gasteiger partial charge is 0.422 e. The van der Waals surface area contributed by atoms with Crippen LogP contribution in [0.1, 0.15) is 24.9 Å². The lowest BCUT2D eigenvalue weighted by molar-refractivity contribution is 0.0739. The first-order valence-electron chi connectivity index (χ1n) is 5.03. The third kappa shape index (κ3) is 2.79. The van der Waals surface area contributed by atoms with Crippen LogP contribution in [0.2, 0.25) is 0 Å². The summed E-state index contributed by atoms with van der Waals surface area (Å²) in [6.45, 7) is 1.92. The van der Waals surface area contributed by atoms with Crippen LogP contribution < -0.4 is 4.74 Å². The minimum absolute atomic E-state index is 0.425. The summed E-state index contributed by atoms with van der Waals surface area (Å²) in [4.78, 5) is 23.2. The van der Waals surface area contributed by atoms with Gasteiger partial charge in [0.05, 0.1) is 4.88 Å². The molecule has 1 aromatic heterocycles. The molecule has 0 bridgehead atoms. The monoisotopic (exact) mass is 246 g/mol. The van der Waals surface area contributed by atoms with Crippen molar-refractivity contribution in [2.45, 2.75) is 6.92 Å². The fourth-order valence-corrected chi connectivity index (χ4v) is 2.06. The summed E-state index contributed by atoms with van der Waals surface area (Å²) < 4.78 is 5.19. The normalized spacial score (nSPS) is 9.94. The highest BCUT2D eigenvalue weighted by Crippen LogP contribution is 2.19. The van der Waals surface area contributed by atoms with Crippen LogP contribution in [0, 0.1) is 6.92 Å². The molecule has 4 heteroatoms. The molecule has 0 atom stereocenters. The first-order chi connectivity index (χ1) is 8.19. The third-order valence-corrected chi connectivity index (χ3v) is 3.13. The van der Waals surface area contributed by atoms with Crippen LogP contribution in [0.3, 0.4) is 0 Å². The van der Waals surface area contributed by atoms with E-state index in [1.807, 2.05) is 19.1 Å². The minimum Gasteiger partial charge on any atom is -0.422 e. The molecule has 3 nitrogen and oxygen atoms in total. The van der Waals surface area contributed by atoms with Gasteiger partial charge in [0.2, 0.25) is 0 Å². The summed E-state index contributed by atoms with van der Waals surface area (Å²) in [7, 11) is 0. The Morgan fingerprint density at radius 2 is 2.12 bits per heavy atom. The predicted octanol–water partition coefficient (Wildman–Crippen LogP) is 3.09. The summed E-state index contributed by atoms with van der Waals surface area (Å²) in [5.41, 5.74) is 1.02. The molecule has 0 spiro atoms.